The van der Waals surface area contributed by atoms with E-state index in [0.717, 1.165) is 10.2 Å². The fourth-order valence-corrected chi connectivity index (χ4v) is 5.50. The number of hydrogen-bond acceptors (Lipinski definition) is 3. The van der Waals surface area contributed by atoms with E-state index in [1.54, 1.807) is 0 Å². The summed E-state index contributed by atoms with van der Waals surface area (Å²) in [5.41, 5.74) is 7.00. The molecule has 0 spiro atoms. The molecular formula is C14H19BrFNS2. The Morgan fingerprint density at radius 2 is 2.16 bits per heavy atom. The number of hydrogen-bond donors (Lipinski definition) is 1. The van der Waals surface area contributed by atoms with Crippen molar-refractivity contribution in [2.24, 2.45) is 5.73 Å². The van der Waals surface area contributed by atoms with Gasteiger partial charge in [0.15, 0.2) is 0 Å². The molecule has 1 fully saturated rings. The van der Waals surface area contributed by atoms with E-state index in [2.05, 4.69) is 29.8 Å². The molecule has 106 valence electrons. The molecule has 1 aromatic rings. The molecular weight excluding hydrogens is 345 g/mol. The third-order valence-electron chi connectivity index (χ3n) is 3.52. The van der Waals surface area contributed by atoms with Gasteiger partial charge in [0.05, 0.1) is 0 Å². The van der Waals surface area contributed by atoms with E-state index >= 15 is 0 Å². The number of benzene rings is 1. The third-order valence-corrected chi connectivity index (χ3v) is 7.59. The van der Waals surface area contributed by atoms with Crippen LogP contribution in [-0.2, 0) is 6.42 Å². The summed E-state index contributed by atoms with van der Waals surface area (Å²) in [5, 5.41) is 1.71. The van der Waals surface area contributed by atoms with Gasteiger partial charge in [-0.2, -0.15) is 23.5 Å². The maximum absolute atomic E-state index is 13.8. The second-order valence-electron chi connectivity index (χ2n) is 5.02. The number of halogens is 2. The first kappa shape index (κ1) is 15.7. The highest BCUT2D eigenvalue weighted by atomic mass is 79.9. The summed E-state index contributed by atoms with van der Waals surface area (Å²) in [6, 6.07) is 5.23. The summed E-state index contributed by atoms with van der Waals surface area (Å²) in [4.78, 5) is 0. The number of rotatable bonds is 3. The molecule has 19 heavy (non-hydrogen) atoms. The Morgan fingerprint density at radius 1 is 1.42 bits per heavy atom. The van der Waals surface area contributed by atoms with Gasteiger partial charge in [-0.3, -0.25) is 0 Å². The fourth-order valence-electron chi connectivity index (χ4n) is 2.10. The molecule has 0 saturated carbocycles. The first-order valence-electron chi connectivity index (χ1n) is 6.44. The largest absolute Gasteiger partial charge is 0.326 e. The van der Waals surface area contributed by atoms with Gasteiger partial charge in [-0.1, -0.05) is 35.8 Å². The van der Waals surface area contributed by atoms with E-state index in [0.29, 0.717) is 27.7 Å². The predicted molar refractivity (Wildman–Crippen MR) is 88.5 cm³/mol. The fraction of sp³-hybridized carbons (Fsp3) is 0.571. The van der Waals surface area contributed by atoms with Crippen molar-refractivity contribution in [2.75, 3.05) is 5.75 Å². The lowest BCUT2D eigenvalue weighted by atomic mass is 10.0. The van der Waals surface area contributed by atoms with E-state index in [-0.39, 0.29) is 11.9 Å². The van der Waals surface area contributed by atoms with Gasteiger partial charge in [-0.25, -0.2) is 4.39 Å². The minimum absolute atomic E-state index is 0.0168. The van der Waals surface area contributed by atoms with Crippen molar-refractivity contribution in [2.45, 2.75) is 42.1 Å². The Kier molecular flexibility index (Phi) is 5.64. The standard InChI is InChI=1S/C14H19BrFNS2/c1-8-9(2)19-14(7-18-8)13(17)5-10-3-4-11(15)6-12(10)16/h3-4,6,8-9,13-14H,5,7,17H2,1-2H3. The summed E-state index contributed by atoms with van der Waals surface area (Å²) in [6.07, 6.45) is 0.610. The lowest BCUT2D eigenvalue weighted by molar-refractivity contribution is 0.582. The number of nitrogens with two attached hydrogens (primary N) is 1. The molecule has 5 heteroatoms. The van der Waals surface area contributed by atoms with Crippen LogP contribution in [0, 0.1) is 5.82 Å². The second kappa shape index (κ2) is 6.83. The van der Waals surface area contributed by atoms with Gasteiger partial charge in [-0.15, -0.1) is 0 Å². The van der Waals surface area contributed by atoms with Crippen LogP contribution < -0.4 is 5.73 Å². The summed E-state index contributed by atoms with van der Waals surface area (Å²) in [5.74, 6) is 0.898. The van der Waals surface area contributed by atoms with Crippen LogP contribution in [0.25, 0.3) is 0 Å². The van der Waals surface area contributed by atoms with Gasteiger partial charge < -0.3 is 5.73 Å². The zero-order chi connectivity index (χ0) is 14.0. The minimum atomic E-state index is -0.167. The molecule has 1 heterocycles. The van der Waals surface area contributed by atoms with Gasteiger partial charge in [0.2, 0.25) is 0 Å². The van der Waals surface area contributed by atoms with E-state index in [1.807, 2.05) is 35.7 Å². The first-order valence-corrected chi connectivity index (χ1v) is 9.22. The summed E-state index contributed by atoms with van der Waals surface area (Å²) < 4.78 is 14.6. The van der Waals surface area contributed by atoms with Crippen molar-refractivity contribution < 1.29 is 4.39 Å². The molecule has 0 aromatic heterocycles. The van der Waals surface area contributed by atoms with Crippen molar-refractivity contribution >= 4 is 39.5 Å². The van der Waals surface area contributed by atoms with Crippen molar-refractivity contribution in [1.29, 1.82) is 0 Å². The normalized spacial score (nSPS) is 29.2. The lowest BCUT2D eigenvalue weighted by Gasteiger charge is -2.34. The molecule has 1 nitrogen and oxygen atoms in total. The maximum atomic E-state index is 13.8. The topological polar surface area (TPSA) is 26.0 Å². The molecule has 2 rings (SSSR count). The average Bonchev–Trinajstić information content (AvgIpc) is 2.36. The Bertz CT molecular complexity index is 443. The molecule has 1 saturated heterocycles. The smallest absolute Gasteiger partial charge is 0.127 e. The summed E-state index contributed by atoms with van der Waals surface area (Å²) >= 11 is 7.21. The monoisotopic (exact) mass is 363 g/mol. The van der Waals surface area contributed by atoms with E-state index in [4.69, 9.17) is 5.73 Å². The molecule has 1 aromatic carbocycles. The van der Waals surface area contributed by atoms with Crippen molar-refractivity contribution in [1.82, 2.24) is 0 Å². The zero-order valence-corrected chi connectivity index (χ0v) is 14.3. The van der Waals surface area contributed by atoms with Crippen molar-refractivity contribution in [3.05, 3.63) is 34.1 Å². The van der Waals surface area contributed by atoms with Crippen LogP contribution in [-0.4, -0.2) is 27.5 Å². The molecule has 0 amide bonds. The van der Waals surface area contributed by atoms with Gasteiger partial charge in [0.25, 0.3) is 0 Å². The molecule has 0 radical (unpaired) electrons. The third kappa shape index (κ3) is 4.13. The SMILES string of the molecule is CC1SCC(C(N)Cc2ccc(Br)cc2F)SC1C. The highest BCUT2D eigenvalue weighted by molar-refractivity contribution is 9.10. The second-order valence-corrected chi connectivity index (χ2v) is 8.97. The number of thioether (sulfide) groups is 2. The molecule has 4 atom stereocenters. The van der Waals surface area contributed by atoms with Gasteiger partial charge in [-0.05, 0) is 24.1 Å². The Labute approximate surface area is 131 Å². The Morgan fingerprint density at radius 3 is 2.79 bits per heavy atom. The van der Waals surface area contributed by atoms with E-state index in [1.165, 1.54) is 6.07 Å². The zero-order valence-electron chi connectivity index (χ0n) is 11.1. The molecule has 1 aliphatic heterocycles. The molecule has 0 bridgehead atoms. The quantitative estimate of drug-likeness (QED) is 0.875. The lowest BCUT2D eigenvalue weighted by Crippen LogP contribution is -2.41. The van der Waals surface area contributed by atoms with Crippen LogP contribution in [0.1, 0.15) is 19.4 Å². The average molecular weight is 364 g/mol. The molecule has 1 aliphatic rings. The highest BCUT2D eigenvalue weighted by Gasteiger charge is 2.29. The van der Waals surface area contributed by atoms with Gasteiger partial charge in [0, 0.05) is 32.0 Å². The van der Waals surface area contributed by atoms with Crippen molar-refractivity contribution in [3.8, 4) is 0 Å². The predicted octanol–water partition coefficient (Wildman–Crippen LogP) is 4.08. The van der Waals surface area contributed by atoms with Crippen LogP contribution in [0.5, 0.6) is 0 Å². The van der Waals surface area contributed by atoms with Crippen LogP contribution >= 0.6 is 39.5 Å². The van der Waals surface area contributed by atoms with E-state index < -0.39 is 0 Å². The van der Waals surface area contributed by atoms with E-state index in [9.17, 15) is 4.39 Å². The molecule has 2 N–H and O–H groups in total. The highest BCUT2D eigenvalue weighted by Crippen LogP contribution is 2.37. The first-order chi connectivity index (χ1) is 8.97. The van der Waals surface area contributed by atoms with Crippen molar-refractivity contribution in [3.63, 3.8) is 0 Å². The van der Waals surface area contributed by atoms with Crippen LogP contribution in [0.2, 0.25) is 0 Å². The van der Waals surface area contributed by atoms with Crippen LogP contribution in [0.4, 0.5) is 4.39 Å². The van der Waals surface area contributed by atoms with Gasteiger partial charge in [0.1, 0.15) is 5.82 Å². The molecule has 0 aliphatic carbocycles. The van der Waals surface area contributed by atoms with Crippen LogP contribution in [0.15, 0.2) is 22.7 Å². The summed E-state index contributed by atoms with van der Waals surface area (Å²) in [6.45, 7) is 4.51. The Balaban J connectivity index is 1.99. The minimum Gasteiger partial charge on any atom is -0.326 e. The maximum Gasteiger partial charge on any atom is 0.127 e. The van der Waals surface area contributed by atoms with Gasteiger partial charge >= 0.3 is 0 Å². The molecule has 4 unspecified atom stereocenters. The van der Waals surface area contributed by atoms with Crippen LogP contribution in [0.3, 0.4) is 0 Å². The summed E-state index contributed by atoms with van der Waals surface area (Å²) in [7, 11) is 0. The Hall–Kier alpha value is 0.290.